The summed E-state index contributed by atoms with van der Waals surface area (Å²) in [5, 5.41) is 9.54. The number of carbonyl (C=O) groups excluding carboxylic acids is 1. The van der Waals surface area contributed by atoms with Crippen LogP contribution < -0.4 is 4.90 Å². The van der Waals surface area contributed by atoms with E-state index >= 15 is 0 Å². The van der Waals surface area contributed by atoms with E-state index in [9.17, 15) is 9.90 Å². The summed E-state index contributed by atoms with van der Waals surface area (Å²) >= 11 is 0. The fourth-order valence-corrected chi connectivity index (χ4v) is 3.53. The lowest BCUT2D eigenvalue weighted by Gasteiger charge is -2.27. The van der Waals surface area contributed by atoms with Gasteiger partial charge in [0, 0.05) is 45.4 Å². The van der Waals surface area contributed by atoms with Crippen LogP contribution >= 0.6 is 0 Å². The molecule has 22 heavy (non-hydrogen) atoms. The highest BCUT2D eigenvalue weighted by Crippen LogP contribution is 2.29. The maximum atomic E-state index is 11.7. The van der Waals surface area contributed by atoms with Crippen molar-refractivity contribution < 1.29 is 14.6 Å². The molecule has 2 atom stereocenters. The molecule has 5 nitrogen and oxygen atoms in total. The Kier molecular flexibility index (Phi) is 4.47. The number of hydrogen-bond acceptors (Lipinski definition) is 4. The highest BCUT2D eigenvalue weighted by molar-refractivity contribution is 5.95. The summed E-state index contributed by atoms with van der Waals surface area (Å²) in [6.45, 7) is 1.84. The van der Waals surface area contributed by atoms with Gasteiger partial charge in [-0.05, 0) is 30.0 Å². The van der Waals surface area contributed by atoms with E-state index < -0.39 is 0 Å². The van der Waals surface area contributed by atoms with Gasteiger partial charge in [-0.1, -0.05) is 12.1 Å². The van der Waals surface area contributed by atoms with Crippen LogP contribution in [-0.2, 0) is 22.5 Å². The molecule has 1 fully saturated rings. The van der Waals surface area contributed by atoms with Gasteiger partial charge in [0.05, 0.1) is 12.7 Å². The van der Waals surface area contributed by atoms with Crippen LogP contribution in [0.15, 0.2) is 18.2 Å². The lowest BCUT2D eigenvalue weighted by molar-refractivity contribution is -0.118. The van der Waals surface area contributed by atoms with Crippen molar-refractivity contribution in [3.05, 3.63) is 29.3 Å². The average molecular weight is 304 g/mol. The second-order valence-electron chi connectivity index (χ2n) is 6.28. The lowest BCUT2D eigenvalue weighted by Crippen LogP contribution is -2.33. The standard InChI is InChI=1S/C17H24N2O3/c1-18-16-5-3-12(7-13(16)4-6-17(18)21)9-19-10-15(22-2)8-14(19)11-20/h3,5,7,14-15,20H,4,6,8-11H2,1-2H3/t14-,15-/m0/s1. The number of amides is 1. The Labute approximate surface area is 131 Å². The smallest absolute Gasteiger partial charge is 0.227 e. The first-order valence-corrected chi connectivity index (χ1v) is 7.88. The molecule has 0 aromatic heterocycles. The zero-order valence-electron chi connectivity index (χ0n) is 13.3. The molecule has 1 N–H and O–H groups in total. The molecule has 3 rings (SSSR count). The number of rotatable bonds is 4. The van der Waals surface area contributed by atoms with Crippen LogP contribution in [0.1, 0.15) is 24.0 Å². The van der Waals surface area contributed by atoms with Gasteiger partial charge in [0.2, 0.25) is 5.91 Å². The number of anilines is 1. The molecular weight excluding hydrogens is 280 g/mol. The molecule has 2 aliphatic rings. The van der Waals surface area contributed by atoms with Crippen LogP contribution in [0, 0.1) is 0 Å². The van der Waals surface area contributed by atoms with E-state index in [1.165, 1.54) is 11.1 Å². The maximum Gasteiger partial charge on any atom is 0.227 e. The van der Waals surface area contributed by atoms with Crippen molar-refractivity contribution >= 4 is 11.6 Å². The predicted molar refractivity (Wildman–Crippen MR) is 84.9 cm³/mol. The third kappa shape index (κ3) is 2.89. The number of aliphatic hydroxyl groups excluding tert-OH is 1. The quantitative estimate of drug-likeness (QED) is 0.907. The molecule has 120 valence electrons. The van der Waals surface area contributed by atoms with Gasteiger partial charge in [-0.25, -0.2) is 0 Å². The number of aliphatic hydroxyl groups is 1. The van der Waals surface area contributed by atoms with Gasteiger partial charge in [-0.3, -0.25) is 9.69 Å². The van der Waals surface area contributed by atoms with Crippen LogP contribution in [-0.4, -0.2) is 55.4 Å². The molecule has 0 spiro atoms. The summed E-state index contributed by atoms with van der Waals surface area (Å²) in [7, 11) is 3.57. The summed E-state index contributed by atoms with van der Waals surface area (Å²) in [6.07, 6.45) is 2.49. The van der Waals surface area contributed by atoms with E-state index in [1.54, 1.807) is 12.0 Å². The molecule has 0 aliphatic carbocycles. The molecule has 0 saturated carbocycles. The number of likely N-dealkylation sites (tertiary alicyclic amines) is 1. The topological polar surface area (TPSA) is 53.0 Å². The monoisotopic (exact) mass is 304 g/mol. The molecule has 0 bridgehead atoms. The Morgan fingerprint density at radius 3 is 2.91 bits per heavy atom. The molecule has 1 saturated heterocycles. The van der Waals surface area contributed by atoms with Crippen LogP contribution in [0.25, 0.3) is 0 Å². The minimum atomic E-state index is 0.169. The normalized spacial score (nSPS) is 25.6. The number of ether oxygens (including phenoxy) is 1. The molecule has 1 amide bonds. The molecular formula is C17H24N2O3. The van der Waals surface area contributed by atoms with Gasteiger partial charge in [0.15, 0.2) is 0 Å². The van der Waals surface area contributed by atoms with Crippen LogP contribution in [0.4, 0.5) is 5.69 Å². The van der Waals surface area contributed by atoms with E-state index in [4.69, 9.17) is 4.74 Å². The number of hydrogen-bond donors (Lipinski definition) is 1. The summed E-state index contributed by atoms with van der Waals surface area (Å²) in [5.74, 6) is 0.183. The average Bonchev–Trinajstić information content (AvgIpc) is 2.93. The van der Waals surface area contributed by atoms with Gasteiger partial charge in [-0.2, -0.15) is 0 Å². The molecule has 2 aliphatic heterocycles. The first-order valence-electron chi connectivity index (χ1n) is 7.88. The van der Waals surface area contributed by atoms with Crippen molar-refractivity contribution in [1.29, 1.82) is 0 Å². The van der Waals surface area contributed by atoms with Gasteiger partial charge in [0.25, 0.3) is 0 Å². The molecule has 1 aromatic carbocycles. The van der Waals surface area contributed by atoms with Crippen LogP contribution in [0.2, 0.25) is 0 Å². The minimum absolute atomic E-state index is 0.169. The molecule has 2 heterocycles. The van der Waals surface area contributed by atoms with Crippen molar-refractivity contribution in [2.45, 2.75) is 38.0 Å². The van der Waals surface area contributed by atoms with E-state index in [0.29, 0.717) is 6.42 Å². The van der Waals surface area contributed by atoms with Gasteiger partial charge in [-0.15, -0.1) is 0 Å². The zero-order chi connectivity index (χ0) is 15.7. The second kappa shape index (κ2) is 6.36. The minimum Gasteiger partial charge on any atom is -0.395 e. The van der Waals surface area contributed by atoms with Crippen molar-refractivity contribution in [1.82, 2.24) is 4.90 Å². The first-order chi connectivity index (χ1) is 10.6. The predicted octanol–water partition coefficient (Wildman–Crippen LogP) is 1.18. The number of fused-ring (bicyclic) bond motifs is 1. The molecule has 5 heteroatoms. The maximum absolute atomic E-state index is 11.7. The summed E-state index contributed by atoms with van der Waals surface area (Å²) in [5.41, 5.74) is 3.49. The number of carbonyl (C=O) groups is 1. The molecule has 0 radical (unpaired) electrons. The molecule has 1 aromatic rings. The van der Waals surface area contributed by atoms with Crippen molar-refractivity contribution in [2.24, 2.45) is 0 Å². The Bertz CT molecular complexity index is 561. The van der Waals surface area contributed by atoms with E-state index in [-0.39, 0.29) is 24.7 Å². The Hall–Kier alpha value is -1.43. The number of aryl methyl sites for hydroxylation is 1. The number of methoxy groups -OCH3 is 1. The number of benzene rings is 1. The first kappa shape index (κ1) is 15.5. The summed E-state index contributed by atoms with van der Waals surface area (Å²) < 4.78 is 5.43. The Morgan fingerprint density at radius 1 is 1.36 bits per heavy atom. The van der Waals surface area contributed by atoms with E-state index in [1.807, 2.05) is 13.1 Å². The van der Waals surface area contributed by atoms with Gasteiger partial charge >= 0.3 is 0 Å². The van der Waals surface area contributed by atoms with Gasteiger partial charge in [0.1, 0.15) is 0 Å². The van der Waals surface area contributed by atoms with E-state index in [0.717, 1.165) is 31.6 Å². The van der Waals surface area contributed by atoms with Crippen LogP contribution in [0.3, 0.4) is 0 Å². The third-order valence-electron chi connectivity index (χ3n) is 4.91. The summed E-state index contributed by atoms with van der Waals surface area (Å²) in [6, 6.07) is 6.50. The largest absolute Gasteiger partial charge is 0.395 e. The number of nitrogens with zero attached hydrogens (tertiary/aromatic N) is 2. The van der Waals surface area contributed by atoms with E-state index in [2.05, 4.69) is 17.0 Å². The molecule has 0 unspecified atom stereocenters. The highest BCUT2D eigenvalue weighted by Gasteiger charge is 2.31. The zero-order valence-corrected chi connectivity index (χ0v) is 13.3. The fourth-order valence-electron chi connectivity index (χ4n) is 3.53. The van der Waals surface area contributed by atoms with Gasteiger partial charge < -0.3 is 14.7 Å². The fraction of sp³-hybridized carbons (Fsp3) is 0.588. The highest BCUT2D eigenvalue weighted by atomic mass is 16.5. The SMILES string of the molecule is CO[C@H]1C[C@@H](CO)N(Cc2ccc3c(c2)CCC(=O)N3C)C1. The van der Waals surface area contributed by atoms with Crippen molar-refractivity contribution in [3.8, 4) is 0 Å². The summed E-state index contributed by atoms with van der Waals surface area (Å²) in [4.78, 5) is 15.8. The van der Waals surface area contributed by atoms with Crippen LogP contribution in [0.5, 0.6) is 0 Å². The third-order valence-corrected chi connectivity index (χ3v) is 4.91. The van der Waals surface area contributed by atoms with Crippen molar-refractivity contribution in [3.63, 3.8) is 0 Å². The van der Waals surface area contributed by atoms with Crippen molar-refractivity contribution in [2.75, 3.05) is 32.2 Å². The Morgan fingerprint density at radius 2 is 2.18 bits per heavy atom. The second-order valence-corrected chi connectivity index (χ2v) is 6.28. The Balaban J connectivity index is 1.75. The lowest BCUT2D eigenvalue weighted by atomic mass is 9.99.